The highest BCUT2D eigenvalue weighted by Crippen LogP contribution is 2.39. The fraction of sp³-hybridized carbons (Fsp3) is 0.867. The Morgan fingerprint density at radius 3 is 2.42 bits per heavy atom. The van der Waals surface area contributed by atoms with Crippen LogP contribution in [0.5, 0.6) is 0 Å². The summed E-state index contributed by atoms with van der Waals surface area (Å²) in [4.78, 5) is 14.3. The summed E-state index contributed by atoms with van der Waals surface area (Å²) in [5.74, 6) is 1.66. The molecule has 106 valence electrons. The summed E-state index contributed by atoms with van der Waals surface area (Å²) in [5, 5.41) is 12.2. The zero-order chi connectivity index (χ0) is 14.0. The van der Waals surface area contributed by atoms with Gasteiger partial charge in [-0.15, -0.1) is 0 Å². The van der Waals surface area contributed by atoms with E-state index < -0.39 is 5.54 Å². The molecule has 4 heteroatoms. The van der Waals surface area contributed by atoms with Gasteiger partial charge in [0.15, 0.2) is 0 Å². The Kier molecular flexibility index (Phi) is 4.15. The van der Waals surface area contributed by atoms with E-state index in [-0.39, 0.29) is 5.91 Å². The number of hydrogen-bond donors (Lipinski definition) is 1. The summed E-state index contributed by atoms with van der Waals surface area (Å²) in [6.07, 6.45) is 3.36. The first-order valence-corrected chi connectivity index (χ1v) is 7.37. The minimum Gasteiger partial charge on any atom is -0.337 e. The molecule has 0 spiro atoms. The van der Waals surface area contributed by atoms with Crippen LogP contribution in [0, 0.1) is 29.1 Å². The number of rotatable bonds is 4. The highest BCUT2D eigenvalue weighted by molar-refractivity contribution is 5.79. The molecule has 0 aromatic carbocycles. The summed E-state index contributed by atoms with van der Waals surface area (Å²) >= 11 is 0. The van der Waals surface area contributed by atoms with Gasteiger partial charge in [-0.25, -0.2) is 0 Å². The van der Waals surface area contributed by atoms with Gasteiger partial charge in [-0.1, -0.05) is 13.8 Å². The van der Waals surface area contributed by atoms with E-state index in [0.717, 1.165) is 25.9 Å². The van der Waals surface area contributed by atoms with Gasteiger partial charge in [-0.05, 0) is 43.9 Å². The highest BCUT2D eigenvalue weighted by Gasteiger charge is 2.43. The van der Waals surface area contributed by atoms with Crippen LogP contribution in [-0.4, -0.2) is 36.0 Å². The Morgan fingerprint density at radius 1 is 1.37 bits per heavy atom. The minimum absolute atomic E-state index is 0.00255. The maximum atomic E-state index is 12.1. The number of nitriles is 1. The van der Waals surface area contributed by atoms with E-state index in [1.54, 1.807) is 0 Å². The topological polar surface area (TPSA) is 56.1 Å². The summed E-state index contributed by atoms with van der Waals surface area (Å²) < 4.78 is 0. The van der Waals surface area contributed by atoms with Crippen LogP contribution < -0.4 is 5.32 Å². The SMILES string of the molecule is CC1CC(C)CN(CC(=O)NC(C)(C#N)C2CC2)C1. The molecule has 2 aliphatic rings. The molecule has 1 saturated carbocycles. The van der Waals surface area contributed by atoms with E-state index in [0.29, 0.717) is 24.3 Å². The number of likely N-dealkylation sites (tertiary alicyclic amines) is 1. The number of nitrogens with zero attached hydrogens (tertiary/aromatic N) is 2. The molecule has 2 fully saturated rings. The molecule has 1 amide bonds. The number of piperidine rings is 1. The quantitative estimate of drug-likeness (QED) is 0.841. The molecule has 0 radical (unpaired) electrons. The van der Waals surface area contributed by atoms with Crippen LogP contribution >= 0.6 is 0 Å². The first-order valence-electron chi connectivity index (χ1n) is 7.37. The van der Waals surface area contributed by atoms with E-state index in [1.807, 2.05) is 6.92 Å². The number of carbonyl (C=O) groups excluding carboxylic acids is 1. The molecule has 3 atom stereocenters. The maximum Gasteiger partial charge on any atom is 0.235 e. The molecule has 1 N–H and O–H groups in total. The van der Waals surface area contributed by atoms with E-state index in [4.69, 9.17) is 0 Å². The van der Waals surface area contributed by atoms with Crippen molar-refractivity contribution in [2.45, 2.75) is 45.6 Å². The lowest BCUT2D eigenvalue weighted by Crippen LogP contribution is -2.51. The fourth-order valence-electron chi connectivity index (χ4n) is 3.34. The van der Waals surface area contributed by atoms with Crippen molar-refractivity contribution in [2.24, 2.45) is 17.8 Å². The molecule has 1 aliphatic heterocycles. The van der Waals surface area contributed by atoms with Gasteiger partial charge < -0.3 is 5.32 Å². The Bertz CT molecular complexity index is 375. The Morgan fingerprint density at radius 2 is 1.95 bits per heavy atom. The van der Waals surface area contributed by atoms with Crippen LogP contribution in [0.3, 0.4) is 0 Å². The molecule has 2 rings (SSSR count). The van der Waals surface area contributed by atoms with Gasteiger partial charge in [0, 0.05) is 13.1 Å². The third-order valence-electron chi connectivity index (χ3n) is 4.34. The lowest BCUT2D eigenvalue weighted by molar-refractivity contribution is -0.124. The Balaban J connectivity index is 1.85. The van der Waals surface area contributed by atoms with Gasteiger partial charge >= 0.3 is 0 Å². The third-order valence-corrected chi connectivity index (χ3v) is 4.34. The second kappa shape index (κ2) is 5.50. The maximum absolute atomic E-state index is 12.1. The van der Waals surface area contributed by atoms with Crippen molar-refractivity contribution < 1.29 is 4.79 Å². The van der Waals surface area contributed by atoms with Crippen LogP contribution in [0.4, 0.5) is 0 Å². The summed E-state index contributed by atoms with van der Waals surface area (Å²) in [7, 11) is 0. The van der Waals surface area contributed by atoms with Gasteiger partial charge in [-0.3, -0.25) is 9.69 Å². The first-order chi connectivity index (χ1) is 8.93. The number of carbonyl (C=O) groups is 1. The number of hydrogen-bond acceptors (Lipinski definition) is 3. The summed E-state index contributed by atoms with van der Waals surface area (Å²) in [6.45, 7) is 8.74. The third kappa shape index (κ3) is 3.70. The summed E-state index contributed by atoms with van der Waals surface area (Å²) in [5.41, 5.74) is -0.663. The Hall–Kier alpha value is -1.08. The predicted molar refractivity (Wildman–Crippen MR) is 74.3 cm³/mol. The number of amides is 1. The smallest absolute Gasteiger partial charge is 0.235 e. The first kappa shape index (κ1) is 14.3. The average molecular weight is 263 g/mol. The second-order valence-corrected chi connectivity index (χ2v) is 6.78. The molecular weight excluding hydrogens is 238 g/mol. The minimum atomic E-state index is -0.663. The van der Waals surface area contributed by atoms with Gasteiger partial charge in [0.05, 0.1) is 12.6 Å². The highest BCUT2D eigenvalue weighted by atomic mass is 16.2. The second-order valence-electron chi connectivity index (χ2n) is 6.78. The lowest BCUT2D eigenvalue weighted by Gasteiger charge is -2.35. The molecule has 1 heterocycles. The van der Waals surface area contributed by atoms with Gasteiger partial charge in [0.1, 0.15) is 5.54 Å². The van der Waals surface area contributed by atoms with Crippen molar-refractivity contribution in [1.29, 1.82) is 5.26 Å². The van der Waals surface area contributed by atoms with E-state index >= 15 is 0 Å². The molecule has 19 heavy (non-hydrogen) atoms. The van der Waals surface area contributed by atoms with Crippen molar-refractivity contribution in [2.75, 3.05) is 19.6 Å². The summed E-state index contributed by atoms with van der Waals surface area (Å²) in [6, 6.07) is 2.28. The normalized spacial score (nSPS) is 31.3. The molecule has 1 saturated heterocycles. The van der Waals surface area contributed by atoms with E-state index in [1.165, 1.54) is 6.42 Å². The molecule has 1 aliphatic carbocycles. The van der Waals surface area contributed by atoms with Gasteiger partial charge in [-0.2, -0.15) is 5.26 Å². The monoisotopic (exact) mass is 263 g/mol. The molecule has 0 aromatic heterocycles. The van der Waals surface area contributed by atoms with Crippen molar-refractivity contribution in [3.8, 4) is 6.07 Å². The Labute approximate surface area is 116 Å². The largest absolute Gasteiger partial charge is 0.337 e. The molecule has 0 aromatic rings. The van der Waals surface area contributed by atoms with Gasteiger partial charge in [0.2, 0.25) is 5.91 Å². The van der Waals surface area contributed by atoms with Gasteiger partial charge in [0.25, 0.3) is 0 Å². The van der Waals surface area contributed by atoms with Crippen molar-refractivity contribution in [3.63, 3.8) is 0 Å². The van der Waals surface area contributed by atoms with E-state index in [9.17, 15) is 10.1 Å². The fourth-order valence-corrected chi connectivity index (χ4v) is 3.34. The lowest BCUT2D eigenvalue weighted by atomic mass is 9.92. The van der Waals surface area contributed by atoms with Crippen LogP contribution in [-0.2, 0) is 4.79 Å². The zero-order valence-electron chi connectivity index (χ0n) is 12.3. The van der Waals surface area contributed by atoms with Crippen LogP contribution in [0.25, 0.3) is 0 Å². The zero-order valence-corrected chi connectivity index (χ0v) is 12.3. The predicted octanol–water partition coefficient (Wildman–Crippen LogP) is 1.77. The average Bonchev–Trinajstić information content (AvgIpc) is 3.10. The molecule has 4 nitrogen and oxygen atoms in total. The van der Waals surface area contributed by atoms with Crippen molar-refractivity contribution >= 4 is 5.91 Å². The van der Waals surface area contributed by atoms with E-state index in [2.05, 4.69) is 30.1 Å². The number of nitrogens with one attached hydrogen (secondary N) is 1. The van der Waals surface area contributed by atoms with Crippen LogP contribution in [0.1, 0.15) is 40.0 Å². The molecule has 3 unspecified atom stereocenters. The van der Waals surface area contributed by atoms with Crippen molar-refractivity contribution in [3.05, 3.63) is 0 Å². The standard InChI is InChI=1S/C15H25N3O/c1-11-6-12(2)8-18(7-11)9-14(19)17-15(3,10-16)13-4-5-13/h11-13H,4-9H2,1-3H3,(H,17,19). The van der Waals surface area contributed by atoms with Crippen LogP contribution in [0.2, 0.25) is 0 Å². The molecule has 0 bridgehead atoms. The van der Waals surface area contributed by atoms with Crippen molar-refractivity contribution in [1.82, 2.24) is 10.2 Å². The molecular formula is C15H25N3O. The van der Waals surface area contributed by atoms with Crippen LogP contribution in [0.15, 0.2) is 0 Å².